The van der Waals surface area contributed by atoms with Gasteiger partial charge in [0.15, 0.2) is 0 Å². The van der Waals surface area contributed by atoms with E-state index in [1.165, 1.54) is 16.7 Å². The molecule has 19 heavy (non-hydrogen) atoms. The lowest BCUT2D eigenvalue weighted by molar-refractivity contribution is 0.466. The standard InChI is InChI=1S/C18H22O/c1-11(2)15-8-6-7-9-16(15)17-10-12(3)18(19)14(5)13(17)4/h6-11,19H,1-5H3. The van der Waals surface area contributed by atoms with Crippen LogP contribution in [0.15, 0.2) is 30.3 Å². The predicted molar refractivity (Wildman–Crippen MR) is 81.8 cm³/mol. The molecule has 0 amide bonds. The second-order valence-corrected chi connectivity index (χ2v) is 5.58. The van der Waals surface area contributed by atoms with Crippen molar-refractivity contribution in [2.24, 2.45) is 0 Å². The molecular weight excluding hydrogens is 232 g/mol. The van der Waals surface area contributed by atoms with Gasteiger partial charge in [0.2, 0.25) is 0 Å². The zero-order valence-corrected chi connectivity index (χ0v) is 12.4. The Kier molecular flexibility index (Phi) is 3.66. The molecule has 0 saturated carbocycles. The molecule has 0 aliphatic rings. The van der Waals surface area contributed by atoms with E-state index in [0.717, 1.165) is 16.7 Å². The maximum Gasteiger partial charge on any atom is 0.121 e. The Bertz CT molecular complexity index is 609. The fourth-order valence-corrected chi connectivity index (χ4v) is 2.59. The molecule has 0 unspecified atom stereocenters. The molecule has 1 N–H and O–H groups in total. The van der Waals surface area contributed by atoms with Crippen LogP contribution >= 0.6 is 0 Å². The molecule has 0 atom stereocenters. The van der Waals surface area contributed by atoms with Gasteiger partial charge in [-0.25, -0.2) is 0 Å². The van der Waals surface area contributed by atoms with Crippen molar-refractivity contribution in [1.82, 2.24) is 0 Å². The zero-order valence-electron chi connectivity index (χ0n) is 12.4. The van der Waals surface area contributed by atoms with Crippen LogP contribution < -0.4 is 0 Å². The first-order valence-electron chi connectivity index (χ1n) is 6.82. The van der Waals surface area contributed by atoms with Gasteiger partial charge in [0.1, 0.15) is 5.75 Å². The van der Waals surface area contributed by atoms with Crippen LogP contribution in [0.3, 0.4) is 0 Å². The van der Waals surface area contributed by atoms with E-state index in [9.17, 15) is 5.11 Å². The minimum atomic E-state index is 0.420. The SMILES string of the molecule is Cc1cc(-c2ccccc2C(C)C)c(C)c(C)c1O. The Labute approximate surface area is 115 Å². The quantitative estimate of drug-likeness (QED) is 0.789. The number of aromatic hydroxyl groups is 1. The molecule has 0 aliphatic carbocycles. The zero-order chi connectivity index (χ0) is 14.2. The van der Waals surface area contributed by atoms with Crippen LogP contribution in [0, 0.1) is 20.8 Å². The van der Waals surface area contributed by atoms with E-state index in [2.05, 4.69) is 51.1 Å². The molecule has 100 valence electrons. The van der Waals surface area contributed by atoms with Gasteiger partial charge in [-0.15, -0.1) is 0 Å². The highest BCUT2D eigenvalue weighted by atomic mass is 16.3. The van der Waals surface area contributed by atoms with Gasteiger partial charge in [-0.3, -0.25) is 0 Å². The maximum atomic E-state index is 10.0. The average Bonchev–Trinajstić information content (AvgIpc) is 2.40. The number of hydrogen-bond acceptors (Lipinski definition) is 1. The summed E-state index contributed by atoms with van der Waals surface area (Å²) in [6, 6.07) is 10.6. The van der Waals surface area contributed by atoms with Gasteiger partial charge in [-0.05, 0) is 66.1 Å². The predicted octanol–water partition coefficient (Wildman–Crippen LogP) is 5.11. The summed E-state index contributed by atoms with van der Waals surface area (Å²) in [5, 5.41) is 10.0. The largest absolute Gasteiger partial charge is 0.507 e. The van der Waals surface area contributed by atoms with E-state index in [4.69, 9.17) is 0 Å². The minimum absolute atomic E-state index is 0.420. The highest BCUT2D eigenvalue weighted by molar-refractivity contribution is 5.74. The Morgan fingerprint density at radius 1 is 0.895 bits per heavy atom. The van der Waals surface area contributed by atoms with Crippen LogP contribution in [-0.2, 0) is 0 Å². The van der Waals surface area contributed by atoms with Crippen molar-refractivity contribution in [3.8, 4) is 16.9 Å². The molecule has 2 aromatic rings. The third-order valence-electron chi connectivity index (χ3n) is 3.93. The van der Waals surface area contributed by atoms with Gasteiger partial charge < -0.3 is 5.11 Å². The van der Waals surface area contributed by atoms with Gasteiger partial charge in [-0.2, -0.15) is 0 Å². The van der Waals surface area contributed by atoms with E-state index in [1.54, 1.807) is 0 Å². The van der Waals surface area contributed by atoms with Gasteiger partial charge in [0.25, 0.3) is 0 Å². The van der Waals surface area contributed by atoms with E-state index >= 15 is 0 Å². The van der Waals surface area contributed by atoms with Crippen molar-refractivity contribution in [2.75, 3.05) is 0 Å². The molecule has 0 fully saturated rings. The van der Waals surface area contributed by atoms with Gasteiger partial charge in [-0.1, -0.05) is 38.1 Å². The molecule has 0 saturated heterocycles. The van der Waals surface area contributed by atoms with Gasteiger partial charge >= 0.3 is 0 Å². The summed E-state index contributed by atoms with van der Waals surface area (Å²) in [7, 11) is 0. The summed E-state index contributed by atoms with van der Waals surface area (Å²) in [6.45, 7) is 10.5. The molecule has 0 aromatic heterocycles. The average molecular weight is 254 g/mol. The fraction of sp³-hybridized carbons (Fsp3) is 0.333. The number of hydrogen-bond donors (Lipinski definition) is 1. The van der Waals surface area contributed by atoms with Crippen molar-refractivity contribution in [1.29, 1.82) is 0 Å². The van der Waals surface area contributed by atoms with Crippen LogP contribution in [0.25, 0.3) is 11.1 Å². The second-order valence-electron chi connectivity index (χ2n) is 5.58. The lowest BCUT2D eigenvalue weighted by atomic mass is 9.88. The number of benzene rings is 2. The van der Waals surface area contributed by atoms with Gasteiger partial charge in [0, 0.05) is 0 Å². The summed E-state index contributed by atoms with van der Waals surface area (Å²) in [4.78, 5) is 0. The van der Waals surface area contributed by atoms with Crippen LogP contribution in [0.1, 0.15) is 42.0 Å². The molecule has 2 aromatic carbocycles. The first-order valence-corrected chi connectivity index (χ1v) is 6.82. The summed E-state index contributed by atoms with van der Waals surface area (Å²) in [5.41, 5.74) is 6.95. The van der Waals surface area contributed by atoms with Crippen molar-refractivity contribution in [3.63, 3.8) is 0 Å². The Morgan fingerprint density at radius 2 is 1.53 bits per heavy atom. The number of rotatable bonds is 2. The Morgan fingerprint density at radius 3 is 2.16 bits per heavy atom. The minimum Gasteiger partial charge on any atom is -0.507 e. The first kappa shape index (κ1) is 13.7. The Hall–Kier alpha value is -1.76. The lowest BCUT2D eigenvalue weighted by Gasteiger charge is -2.18. The number of phenolic OH excluding ortho intramolecular Hbond substituents is 1. The molecule has 1 heteroatoms. The Balaban J connectivity index is 2.73. The van der Waals surface area contributed by atoms with Crippen molar-refractivity contribution in [3.05, 3.63) is 52.6 Å². The van der Waals surface area contributed by atoms with E-state index < -0.39 is 0 Å². The second kappa shape index (κ2) is 5.08. The molecule has 0 heterocycles. The van der Waals surface area contributed by atoms with Crippen LogP contribution in [-0.4, -0.2) is 5.11 Å². The third kappa shape index (κ3) is 2.37. The molecule has 0 aliphatic heterocycles. The molecule has 2 rings (SSSR count). The maximum absolute atomic E-state index is 10.0. The number of aryl methyl sites for hydroxylation is 1. The summed E-state index contributed by atoms with van der Waals surface area (Å²) >= 11 is 0. The van der Waals surface area contributed by atoms with E-state index in [-0.39, 0.29) is 0 Å². The number of phenols is 1. The van der Waals surface area contributed by atoms with Crippen LogP contribution in [0.4, 0.5) is 0 Å². The van der Waals surface area contributed by atoms with Crippen LogP contribution in [0.5, 0.6) is 5.75 Å². The summed E-state index contributed by atoms with van der Waals surface area (Å²) in [6.07, 6.45) is 0. The molecule has 0 spiro atoms. The third-order valence-corrected chi connectivity index (χ3v) is 3.93. The molecule has 0 bridgehead atoms. The smallest absolute Gasteiger partial charge is 0.121 e. The van der Waals surface area contributed by atoms with Crippen molar-refractivity contribution >= 4 is 0 Å². The molecule has 0 radical (unpaired) electrons. The monoisotopic (exact) mass is 254 g/mol. The normalized spacial score (nSPS) is 11.1. The highest BCUT2D eigenvalue weighted by Crippen LogP contribution is 2.36. The van der Waals surface area contributed by atoms with Crippen molar-refractivity contribution in [2.45, 2.75) is 40.5 Å². The topological polar surface area (TPSA) is 20.2 Å². The lowest BCUT2D eigenvalue weighted by Crippen LogP contribution is -1.96. The highest BCUT2D eigenvalue weighted by Gasteiger charge is 2.14. The molecular formula is C18H22O. The molecule has 1 nitrogen and oxygen atoms in total. The summed E-state index contributed by atoms with van der Waals surface area (Å²) in [5.74, 6) is 0.910. The summed E-state index contributed by atoms with van der Waals surface area (Å²) < 4.78 is 0. The van der Waals surface area contributed by atoms with Gasteiger partial charge in [0.05, 0.1) is 0 Å². The van der Waals surface area contributed by atoms with E-state index in [1.807, 2.05) is 13.8 Å². The first-order chi connectivity index (χ1) is 8.93. The van der Waals surface area contributed by atoms with Crippen LogP contribution in [0.2, 0.25) is 0 Å². The fourth-order valence-electron chi connectivity index (χ4n) is 2.59. The van der Waals surface area contributed by atoms with E-state index in [0.29, 0.717) is 11.7 Å². The van der Waals surface area contributed by atoms with Crippen molar-refractivity contribution < 1.29 is 5.11 Å².